The summed E-state index contributed by atoms with van der Waals surface area (Å²) in [6.45, 7) is 3.55. The summed E-state index contributed by atoms with van der Waals surface area (Å²) in [4.78, 5) is 36.2. The molecule has 7 nitrogen and oxygen atoms in total. The average Bonchev–Trinajstić information content (AvgIpc) is 2.66. The molecule has 3 N–H and O–H groups in total. The van der Waals surface area contributed by atoms with Crippen LogP contribution in [-0.4, -0.2) is 29.4 Å². The van der Waals surface area contributed by atoms with Crippen LogP contribution in [0.2, 0.25) is 10.0 Å². The van der Waals surface area contributed by atoms with Crippen LogP contribution in [0.25, 0.3) is 6.08 Å². The van der Waals surface area contributed by atoms with Crippen molar-refractivity contribution in [2.45, 2.75) is 13.8 Å². The zero-order chi connectivity index (χ0) is 22.7. The molecule has 0 aromatic heterocycles. The van der Waals surface area contributed by atoms with Gasteiger partial charge in [-0.25, -0.2) is 0 Å². The van der Waals surface area contributed by atoms with Gasteiger partial charge in [-0.1, -0.05) is 40.9 Å². The second kappa shape index (κ2) is 9.47. The fraction of sp³-hybridized carbons (Fsp3) is 0.143. The summed E-state index contributed by atoms with van der Waals surface area (Å²) in [5, 5.41) is 7.61. The quantitative estimate of drug-likeness (QED) is 0.347. The van der Waals surface area contributed by atoms with Crippen molar-refractivity contribution >= 4 is 70.0 Å². The zero-order valence-corrected chi connectivity index (χ0v) is 18.8. The monoisotopic (exact) mass is 477 g/mol. The van der Waals surface area contributed by atoms with E-state index in [0.29, 0.717) is 11.3 Å². The van der Waals surface area contributed by atoms with Crippen molar-refractivity contribution in [1.29, 1.82) is 0 Å². The molecule has 1 aliphatic heterocycles. The third kappa shape index (κ3) is 5.61. The van der Waals surface area contributed by atoms with Crippen molar-refractivity contribution in [2.24, 2.45) is 0 Å². The molecule has 1 saturated heterocycles. The van der Waals surface area contributed by atoms with Crippen LogP contribution in [0, 0.1) is 13.8 Å². The van der Waals surface area contributed by atoms with Gasteiger partial charge in [0.1, 0.15) is 5.57 Å². The molecule has 1 heterocycles. The van der Waals surface area contributed by atoms with Crippen molar-refractivity contribution in [1.82, 2.24) is 10.6 Å². The van der Waals surface area contributed by atoms with Crippen LogP contribution in [0.1, 0.15) is 16.7 Å². The molecule has 1 aliphatic rings. The predicted molar refractivity (Wildman–Crippen MR) is 123 cm³/mol. The van der Waals surface area contributed by atoms with E-state index in [-0.39, 0.29) is 39.0 Å². The van der Waals surface area contributed by atoms with Gasteiger partial charge < -0.3 is 10.1 Å². The Labute approximate surface area is 193 Å². The Bertz CT molecular complexity index is 1100. The number of carbonyl (C=O) groups is 3. The number of amides is 3. The maximum Gasteiger partial charge on any atom is 0.263 e. The fourth-order valence-corrected chi connectivity index (χ4v) is 3.65. The standard InChI is InChI=1S/C21H17Cl2N3O4S/c1-10-3-4-16(11(2)5-10)24-17(27)9-30-18-14(22)7-12(8-15(18)23)6-13-19(28)25-21(31)26-20(13)29/h3-8H,9H2,1-2H3,(H,24,27)(H2,25,26,28,29,31). The summed E-state index contributed by atoms with van der Waals surface area (Å²) >= 11 is 17.2. The van der Waals surface area contributed by atoms with E-state index in [9.17, 15) is 14.4 Å². The van der Waals surface area contributed by atoms with Crippen molar-refractivity contribution in [3.05, 3.63) is 62.6 Å². The van der Waals surface area contributed by atoms with Crippen LogP contribution in [-0.2, 0) is 14.4 Å². The molecule has 0 bridgehead atoms. The number of nitrogens with one attached hydrogen (secondary N) is 3. The summed E-state index contributed by atoms with van der Waals surface area (Å²) in [5.41, 5.74) is 2.95. The molecule has 0 radical (unpaired) electrons. The molecule has 2 aromatic rings. The molecule has 3 rings (SSSR count). The number of hydrogen-bond acceptors (Lipinski definition) is 5. The number of ether oxygens (including phenoxy) is 1. The van der Waals surface area contributed by atoms with E-state index in [1.807, 2.05) is 32.0 Å². The Morgan fingerprint density at radius 1 is 1.10 bits per heavy atom. The molecule has 10 heteroatoms. The molecule has 3 amide bonds. The van der Waals surface area contributed by atoms with E-state index in [1.54, 1.807) is 0 Å². The first-order valence-electron chi connectivity index (χ1n) is 9.01. The molecule has 160 valence electrons. The van der Waals surface area contributed by atoms with E-state index in [1.165, 1.54) is 18.2 Å². The van der Waals surface area contributed by atoms with Crippen molar-refractivity contribution in [3.63, 3.8) is 0 Å². The molecule has 0 aliphatic carbocycles. The summed E-state index contributed by atoms with van der Waals surface area (Å²) in [6, 6.07) is 8.59. The van der Waals surface area contributed by atoms with Gasteiger partial charge in [-0.3, -0.25) is 25.0 Å². The average molecular weight is 478 g/mol. The van der Waals surface area contributed by atoms with E-state index in [0.717, 1.165) is 11.1 Å². The summed E-state index contributed by atoms with van der Waals surface area (Å²) in [5.74, 6) is -1.54. The Kier molecular flexibility index (Phi) is 6.94. The first kappa shape index (κ1) is 22.7. The van der Waals surface area contributed by atoms with Gasteiger partial charge in [0.25, 0.3) is 17.7 Å². The molecule has 2 aromatic carbocycles. The predicted octanol–water partition coefficient (Wildman–Crippen LogP) is 3.54. The number of halogens is 2. The second-order valence-electron chi connectivity index (χ2n) is 6.76. The van der Waals surface area contributed by atoms with Crippen LogP contribution in [0.3, 0.4) is 0 Å². The van der Waals surface area contributed by atoms with Crippen LogP contribution < -0.4 is 20.7 Å². The lowest BCUT2D eigenvalue weighted by molar-refractivity contribution is -0.123. The molecule has 0 atom stereocenters. The van der Waals surface area contributed by atoms with Crippen LogP contribution in [0.15, 0.2) is 35.9 Å². The minimum atomic E-state index is -0.635. The Hall–Kier alpha value is -2.94. The van der Waals surface area contributed by atoms with Gasteiger partial charge in [0.2, 0.25) is 0 Å². The highest BCUT2D eigenvalue weighted by Crippen LogP contribution is 2.35. The van der Waals surface area contributed by atoms with Crippen molar-refractivity contribution in [2.75, 3.05) is 11.9 Å². The number of rotatable bonds is 5. The SMILES string of the molecule is Cc1ccc(NC(=O)COc2c(Cl)cc(C=C3C(=O)NC(=S)NC3=O)cc2Cl)c(C)c1. The van der Waals surface area contributed by atoms with Gasteiger partial charge in [-0.15, -0.1) is 0 Å². The minimum Gasteiger partial charge on any atom is -0.481 e. The molecule has 0 saturated carbocycles. The number of aryl methyl sites for hydroxylation is 2. The van der Waals surface area contributed by atoms with E-state index in [4.69, 9.17) is 40.2 Å². The van der Waals surface area contributed by atoms with Crippen LogP contribution in [0.4, 0.5) is 5.69 Å². The molecular weight excluding hydrogens is 461 g/mol. The third-order valence-electron chi connectivity index (χ3n) is 4.28. The number of carbonyl (C=O) groups excluding carboxylic acids is 3. The highest BCUT2D eigenvalue weighted by Gasteiger charge is 2.26. The Morgan fingerprint density at radius 2 is 1.71 bits per heavy atom. The molecular formula is C21H17Cl2N3O4S. The summed E-state index contributed by atoms with van der Waals surface area (Å²) in [7, 11) is 0. The lowest BCUT2D eigenvalue weighted by atomic mass is 10.1. The molecule has 0 unspecified atom stereocenters. The Balaban J connectivity index is 1.71. The third-order valence-corrected chi connectivity index (χ3v) is 5.04. The molecule has 1 fully saturated rings. The minimum absolute atomic E-state index is 0.0638. The highest BCUT2D eigenvalue weighted by atomic mass is 35.5. The second-order valence-corrected chi connectivity index (χ2v) is 7.99. The van der Waals surface area contributed by atoms with E-state index >= 15 is 0 Å². The van der Waals surface area contributed by atoms with Gasteiger partial charge in [-0.2, -0.15) is 0 Å². The number of anilines is 1. The number of benzene rings is 2. The maximum absolute atomic E-state index is 12.2. The number of thiocarbonyl (C=S) groups is 1. The van der Waals surface area contributed by atoms with Crippen LogP contribution >= 0.6 is 35.4 Å². The normalized spacial score (nSPS) is 13.4. The first-order valence-corrected chi connectivity index (χ1v) is 10.2. The van der Waals surface area contributed by atoms with E-state index in [2.05, 4.69) is 16.0 Å². The molecule has 31 heavy (non-hydrogen) atoms. The zero-order valence-electron chi connectivity index (χ0n) is 16.5. The first-order chi connectivity index (χ1) is 14.6. The summed E-state index contributed by atoms with van der Waals surface area (Å²) in [6.07, 6.45) is 1.32. The van der Waals surface area contributed by atoms with Gasteiger partial charge in [0, 0.05) is 5.69 Å². The lowest BCUT2D eigenvalue weighted by Gasteiger charge is -2.16. The number of hydrogen-bond donors (Lipinski definition) is 3. The molecule has 0 spiro atoms. The van der Waals surface area contributed by atoms with E-state index < -0.39 is 11.8 Å². The van der Waals surface area contributed by atoms with Gasteiger partial charge in [-0.05, 0) is 61.5 Å². The maximum atomic E-state index is 12.2. The lowest BCUT2D eigenvalue weighted by Crippen LogP contribution is -2.51. The van der Waals surface area contributed by atoms with Gasteiger partial charge in [0.05, 0.1) is 10.0 Å². The Morgan fingerprint density at radius 3 is 2.29 bits per heavy atom. The largest absolute Gasteiger partial charge is 0.481 e. The topological polar surface area (TPSA) is 96.5 Å². The fourth-order valence-electron chi connectivity index (χ4n) is 2.85. The van der Waals surface area contributed by atoms with Gasteiger partial charge >= 0.3 is 0 Å². The highest BCUT2D eigenvalue weighted by molar-refractivity contribution is 7.80. The van der Waals surface area contributed by atoms with Crippen molar-refractivity contribution in [3.8, 4) is 5.75 Å². The van der Waals surface area contributed by atoms with Crippen molar-refractivity contribution < 1.29 is 19.1 Å². The van der Waals surface area contributed by atoms with Gasteiger partial charge in [0.15, 0.2) is 17.5 Å². The summed E-state index contributed by atoms with van der Waals surface area (Å²) < 4.78 is 5.49. The smallest absolute Gasteiger partial charge is 0.263 e. The van der Waals surface area contributed by atoms with Crippen LogP contribution in [0.5, 0.6) is 5.75 Å².